The minimum absolute atomic E-state index is 0.129. The van der Waals surface area contributed by atoms with Crippen LogP contribution >= 0.6 is 0 Å². The Morgan fingerprint density at radius 1 is 0.941 bits per heavy atom. The Hall–Kier alpha value is -3.60. The van der Waals surface area contributed by atoms with Gasteiger partial charge in [0.15, 0.2) is 11.6 Å². The van der Waals surface area contributed by atoms with Gasteiger partial charge >= 0.3 is 0 Å². The van der Waals surface area contributed by atoms with Gasteiger partial charge < -0.3 is 14.5 Å². The zero-order chi connectivity index (χ0) is 23.2. The summed E-state index contributed by atoms with van der Waals surface area (Å²) in [6.07, 6.45) is 8.65. The third-order valence-corrected chi connectivity index (χ3v) is 6.04. The van der Waals surface area contributed by atoms with Gasteiger partial charge in [0.25, 0.3) is 5.95 Å². The van der Waals surface area contributed by atoms with Gasteiger partial charge in [-0.3, -0.25) is 4.98 Å². The number of nitrogens with zero attached hydrogens (tertiary/aromatic N) is 9. The molecule has 2 saturated heterocycles. The first-order chi connectivity index (χ1) is 16.8. The average Bonchev–Trinajstić information content (AvgIpc) is 2.91. The highest BCUT2D eigenvalue weighted by atomic mass is 19.1. The van der Waals surface area contributed by atoms with E-state index in [4.69, 9.17) is 4.74 Å². The van der Waals surface area contributed by atoms with Gasteiger partial charge in [-0.2, -0.15) is 10.1 Å². The van der Waals surface area contributed by atoms with Crippen LogP contribution in [0, 0.1) is 5.82 Å². The van der Waals surface area contributed by atoms with Gasteiger partial charge in [0.1, 0.15) is 12.4 Å². The summed E-state index contributed by atoms with van der Waals surface area (Å²) in [5.41, 5.74) is 1.88. The summed E-state index contributed by atoms with van der Waals surface area (Å²) in [6, 6.07) is 5.86. The van der Waals surface area contributed by atoms with Crippen molar-refractivity contribution in [2.24, 2.45) is 10.2 Å². The molecule has 0 radical (unpaired) electrons. The maximum Gasteiger partial charge on any atom is 0.270 e. The monoisotopic (exact) mass is 463 g/mol. The number of hydrogen-bond acceptors (Lipinski definition) is 10. The molecule has 5 heterocycles. The van der Waals surface area contributed by atoms with E-state index >= 15 is 0 Å². The van der Waals surface area contributed by atoms with E-state index in [1.54, 1.807) is 12.4 Å². The largest absolute Gasteiger partial charge is 0.378 e. The molecule has 0 saturated carbocycles. The maximum absolute atomic E-state index is 14.1. The molecule has 0 unspecified atom stereocenters. The Labute approximate surface area is 197 Å². The van der Waals surface area contributed by atoms with Gasteiger partial charge in [0, 0.05) is 44.5 Å². The Balaban J connectivity index is 1.15. The average molecular weight is 464 g/mol. The molecule has 2 aliphatic rings. The first-order valence-electron chi connectivity index (χ1n) is 11.5. The Morgan fingerprint density at radius 2 is 1.74 bits per heavy atom. The molecule has 11 heteroatoms. The smallest absolute Gasteiger partial charge is 0.270 e. The Morgan fingerprint density at radius 3 is 2.47 bits per heavy atom. The lowest BCUT2D eigenvalue weighted by Gasteiger charge is -2.32. The number of piperidine rings is 1. The maximum atomic E-state index is 14.1. The van der Waals surface area contributed by atoms with Crippen molar-refractivity contribution in [3.63, 3.8) is 0 Å². The van der Waals surface area contributed by atoms with Gasteiger partial charge in [0.05, 0.1) is 37.0 Å². The lowest BCUT2D eigenvalue weighted by Crippen LogP contribution is -2.37. The van der Waals surface area contributed by atoms with E-state index in [9.17, 15) is 4.39 Å². The molecule has 0 aromatic carbocycles. The standard InChI is InChI=1S/C23H26FN9O/c24-20-16-28-23(30-22(20)33-10-12-34-13-11-33)31-29-14-18-2-3-19(15-27-18)32-8-4-17(5-9-32)21-25-6-1-7-26-21/h1-3,6-7,15-17H,4-5,8-14H2. The molecule has 2 fully saturated rings. The topological polar surface area (TPSA) is 105 Å². The zero-order valence-electron chi connectivity index (χ0n) is 18.8. The zero-order valence-corrected chi connectivity index (χ0v) is 18.8. The number of morpholine rings is 1. The number of pyridine rings is 1. The molecule has 0 spiro atoms. The molecule has 3 aromatic rings. The van der Waals surface area contributed by atoms with E-state index in [2.05, 4.69) is 46.1 Å². The SMILES string of the molecule is Fc1cnc(N=NCc2ccc(N3CCC(c4ncccn4)CC3)cn2)nc1N1CCOCC1. The predicted molar refractivity (Wildman–Crippen MR) is 124 cm³/mol. The van der Waals surface area contributed by atoms with Crippen LogP contribution in [0.25, 0.3) is 0 Å². The molecule has 0 N–H and O–H groups in total. The third kappa shape index (κ3) is 5.30. The van der Waals surface area contributed by atoms with Crippen LogP contribution in [0.5, 0.6) is 0 Å². The number of rotatable bonds is 6. The molecule has 2 aliphatic heterocycles. The van der Waals surface area contributed by atoms with E-state index < -0.39 is 5.82 Å². The summed E-state index contributed by atoms with van der Waals surface area (Å²) in [6.45, 7) is 4.43. The van der Waals surface area contributed by atoms with Gasteiger partial charge in [-0.15, -0.1) is 5.11 Å². The summed E-state index contributed by atoms with van der Waals surface area (Å²) in [5, 5.41) is 8.22. The van der Waals surface area contributed by atoms with Gasteiger partial charge in [-0.25, -0.2) is 19.3 Å². The number of hydrogen-bond donors (Lipinski definition) is 0. The molecular formula is C23H26FN9O. The second kappa shape index (κ2) is 10.6. The van der Waals surface area contributed by atoms with Crippen molar-refractivity contribution in [3.05, 3.63) is 60.3 Å². The number of ether oxygens (including phenoxy) is 1. The minimum atomic E-state index is -0.474. The van der Waals surface area contributed by atoms with Crippen LogP contribution in [0.2, 0.25) is 0 Å². The summed E-state index contributed by atoms with van der Waals surface area (Å²) in [5.74, 6) is 1.23. The summed E-state index contributed by atoms with van der Waals surface area (Å²) < 4.78 is 19.5. The van der Waals surface area contributed by atoms with E-state index in [0.717, 1.165) is 49.3 Å². The molecule has 176 valence electrons. The molecule has 0 atom stereocenters. The Bertz CT molecular complexity index is 1100. The summed E-state index contributed by atoms with van der Waals surface area (Å²) >= 11 is 0. The van der Waals surface area contributed by atoms with E-state index in [-0.39, 0.29) is 11.8 Å². The van der Waals surface area contributed by atoms with Crippen molar-refractivity contribution in [2.75, 3.05) is 49.2 Å². The molecule has 5 rings (SSSR count). The fraction of sp³-hybridized carbons (Fsp3) is 0.435. The Kier molecular flexibility index (Phi) is 6.89. The molecule has 0 amide bonds. The van der Waals surface area contributed by atoms with Crippen molar-refractivity contribution in [2.45, 2.75) is 25.3 Å². The van der Waals surface area contributed by atoms with Crippen LogP contribution in [0.3, 0.4) is 0 Å². The highest BCUT2D eigenvalue weighted by Crippen LogP contribution is 2.28. The van der Waals surface area contributed by atoms with Crippen molar-refractivity contribution in [1.29, 1.82) is 0 Å². The van der Waals surface area contributed by atoms with Crippen molar-refractivity contribution < 1.29 is 9.13 Å². The number of azo groups is 1. The van der Waals surface area contributed by atoms with Crippen molar-refractivity contribution in [1.82, 2.24) is 24.9 Å². The first-order valence-corrected chi connectivity index (χ1v) is 11.5. The molecule has 34 heavy (non-hydrogen) atoms. The third-order valence-electron chi connectivity index (χ3n) is 6.04. The number of aromatic nitrogens is 5. The van der Waals surface area contributed by atoms with Gasteiger partial charge in [-0.1, -0.05) is 0 Å². The highest BCUT2D eigenvalue weighted by molar-refractivity contribution is 5.45. The lowest BCUT2D eigenvalue weighted by molar-refractivity contribution is 0.122. The summed E-state index contributed by atoms with van der Waals surface area (Å²) in [7, 11) is 0. The molecule has 0 bridgehead atoms. The predicted octanol–water partition coefficient (Wildman–Crippen LogP) is 3.31. The van der Waals surface area contributed by atoms with Crippen LogP contribution < -0.4 is 9.80 Å². The van der Waals surface area contributed by atoms with E-state index in [1.165, 1.54) is 0 Å². The lowest BCUT2D eigenvalue weighted by atomic mass is 9.95. The quantitative estimate of drug-likeness (QED) is 0.513. The van der Waals surface area contributed by atoms with Gasteiger partial charge in [0.2, 0.25) is 0 Å². The molecule has 10 nitrogen and oxygen atoms in total. The molecule has 3 aromatic heterocycles. The van der Waals surface area contributed by atoms with Crippen LogP contribution in [0.4, 0.5) is 21.8 Å². The second-order valence-electron chi connectivity index (χ2n) is 8.22. The van der Waals surface area contributed by atoms with Crippen LogP contribution in [-0.2, 0) is 11.3 Å². The van der Waals surface area contributed by atoms with E-state index in [1.807, 2.05) is 23.2 Å². The van der Waals surface area contributed by atoms with Crippen LogP contribution in [0.15, 0.2) is 53.2 Å². The van der Waals surface area contributed by atoms with Crippen LogP contribution in [0.1, 0.15) is 30.3 Å². The number of halogens is 1. The van der Waals surface area contributed by atoms with Gasteiger partial charge in [-0.05, 0) is 31.0 Å². The normalized spacial score (nSPS) is 17.4. The van der Waals surface area contributed by atoms with E-state index in [0.29, 0.717) is 38.8 Å². The number of anilines is 2. The minimum Gasteiger partial charge on any atom is -0.378 e. The summed E-state index contributed by atoms with van der Waals surface area (Å²) in [4.78, 5) is 25.6. The fourth-order valence-corrected chi connectivity index (χ4v) is 4.18. The van der Waals surface area contributed by atoms with Crippen LogP contribution in [-0.4, -0.2) is 64.3 Å². The molecular weight excluding hydrogens is 437 g/mol. The first kappa shape index (κ1) is 22.2. The van der Waals surface area contributed by atoms with Crippen molar-refractivity contribution >= 4 is 17.5 Å². The fourth-order valence-electron chi connectivity index (χ4n) is 4.18. The van der Waals surface area contributed by atoms with Crippen molar-refractivity contribution in [3.8, 4) is 0 Å². The second-order valence-corrected chi connectivity index (χ2v) is 8.22. The highest BCUT2D eigenvalue weighted by Gasteiger charge is 2.23. The molecule has 0 aliphatic carbocycles.